The Balaban J connectivity index is 1.32. The van der Waals surface area contributed by atoms with Crippen molar-refractivity contribution in [1.29, 1.82) is 0 Å². The van der Waals surface area contributed by atoms with Gasteiger partial charge in [0.25, 0.3) is 0 Å². The molecule has 0 bridgehead atoms. The number of fused-ring (bicyclic) bond motifs is 2. The van der Waals surface area contributed by atoms with Crippen LogP contribution >= 0.6 is 11.8 Å². The first-order valence-electron chi connectivity index (χ1n) is 10.2. The molecule has 4 aromatic heterocycles. The average molecular weight is 429 g/mol. The van der Waals surface area contributed by atoms with Gasteiger partial charge < -0.3 is 4.74 Å². The van der Waals surface area contributed by atoms with Gasteiger partial charge in [0.1, 0.15) is 0 Å². The third-order valence-electron chi connectivity index (χ3n) is 5.56. The van der Waals surface area contributed by atoms with Gasteiger partial charge in [0.2, 0.25) is 0 Å². The molecule has 1 fully saturated rings. The summed E-state index contributed by atoms with van der Waals surface area (Å²) in [5, 5.41) is 15.0. The third-order valence-corrected chi connectivity index (χ3v) is 6.51. The molecule has 154 valence electrons. The fourth-order valence-electron chi connectivity index (χ4n) is 3.85. The second-order valence-corrected chi connectivity index (χ2v) is 8.98. The van der Waals surface area contributed by atoms with Gasteiger partial charge in [-0.2, -0.15) is 5.10 Å². The highest BCUT2D eigenvalue weighted by atomic mass is 32.2. The molecule has 0 atom stereocenters. The molecule has 8 heteroatoms. The smallest absolute Gasteiger partial charge is 0.200 e. The zero-order chi connectivity index (χ0) is 20.8. The van der Waals surface area contributed by atoms with Crippen LogP contribution in [0.2, 0.25) is 0 Å². The van der Waals surface area contributed by atoms with E-state index in [-0.39, 0.29) is 0 Å². The minimum atomic E-state index is 0.619. The van der Waals surface area contributed by atoms with Crippen LogP contribution < -0.4 is 0 Å². The summed E-state index contributed by atoms with van der Waals surface area (Å²) < 4.78 is 9.13. The molecule has 7 nitrogen and oxygen atoms in total. The maximum absolute atomic E-state index is 5.30. The SMILES string of the molecule is Cn1cc(-c2ccc3nnc(Sc4ccc5ncc(CC6COC6)cc5c4)n3c2)cn1. The monoisotopic (exact) mass is 428 g/mol. The lowest BCUT2D eigenvalue weighted by molar-refractivity contribution is -0.0312. The number of hydrogen-bond donors (Lipinski definition) is 0. The van der Waals surface area contributed by atoms with Gasteiger partial charge in [-0.15, -0.1) is 10.2 Å². The fraction of sp³-hybridized carbons (Fsp3) is 0.217. The van der Waals surface area contributed by atoms with Crippen molar-refractivity contribution in [2.75, 3.05) is 13.2 Å². The Kier molecular flexibility index (Phi) is 4.47. The van der Waals surface area contributed by atoms with Crippen molar-refractivity contribution in [1.82, 2.24) is 29.4 Å². The average Bonchev–Trinajstić information content (AvgIpc) is 3.36. The molecule has 0 saturated carbocycles. The maximum Gasteiger partial charge on any atom is 0.200 e. The van der Waals surface area contributed by atoms with E-state index in [2.05, 4.69) is 50.7 Å². The van der Waals surface area contributed by atoms with Gasteiger partial charge >= 0.3 is 0 Å². The quantitative estimate of drug-likeness (QED) is 0.421. The fourth-order valence-corrected chi connectivity index (χ4v) is 4.71. The van der Waals surface area contributed by atoms with Crippen LogP contribution in [0.15, 0.2) is 71.2 Å². The van der Waals surface area contributed by atoms with E-state index >= 15 is 0 Å². The van der Waals surface area contributed by atoms with Crippen LogP contribution in [0.25, 0.3) is 27.7 Å². The van der Waals surface area contributed by atoms with Crippen LogP contribution in [0.4, 0.5) is 0 Å². The molecule has 0 N–H and O–H groups in total. The van der Waals surface area contributed by atoms with Gasteiger partial charge in [-0.3, -0.25) is 14.1 Å². The van der Waals surface area contributed by atoms with Gasteiger partial charge in [0, 0.05) is 53.0 Å². The maximum atomic E-state index is 5.30. The molecule has 5 aromatic rings. The Bertz CT molecular complexity index is 1400. The molecule has 1 saturated heterocycles. The Hall–Kier alpha value is -3.23. The molecule has 0 spiro atoms. The summed E-state index contributed by atoms with van der Waals surface area (Å²) in [4.78, 5) is 5.75. The minimum Gasteiger partial charge on any atom is -0.381 e. The molecule has 1 aliphatic rings. The van der Waals surface area contributed by atoms with Crippen LogP contribution in [0.1, 0.15) is 5.56 Å². The molecule has 0 amide bonds. The van der Waals surface area contributed by atoms with Crippen molar-refractivity contribution >= 4 is 28.3 Å². The highest BCUT2D eigenvalue weighted by Gasteiger charge is 2.19. The van der Waals surface area contributed by atoms with Crippen LogP contribution in [0, 0.1) is 5.92 Å². The number of hydrogen-bond acceptors (Lipinski definition) is 6. The Morgan fingerprint density at radius 3 is 2.77 bits per heavy atom. The number of rotatable bonds is 5. The highest BCUT2D eigenvalue weighted by molar-refractivity contribution is 7.99. The topological polar surface area (TPSA) is 70.1 Å². The predicted molar refractivity (Wildman–Crippen MR) is 119 cm³/mol. The van der Waals surface area contributed by atoms with Gasteiger partial charge in [-0.1, -0.05) is 0 Å². The van der Waals surface area contributed by atoms with Gasteiger partial charge in [-0.25, -0.2) is 0 Å². The molecule has 31 heavy (non-hydrogen) atoms. The summed E-state index contributed by atoms with van der Waals surface area (Å²) in [6.45, 7) is 1.71. The molecular weight excluding hydrogens is 408 g/mol. The lowest BCUT2D eigenvalue weighted by Gasteiger charge is -2.25. The summed E-state index contributed by atoms with van der Waals surface area (Å²) >= 11 is 1.60. The lowest BCUT2D eigenvalue weighted by Crippen LogP contribution is -2.29. The lowest BCUT2D eigenvalue weighted by atomic mass is 9.98. The van der Waals surface area contributed by atoms with Crippen LogP contribution in [-0.2, 0) is 18.2 Å². The molecule has 0 radical (unpaired) electrons. The molecule has 1 aliphatic heterocycles. The number of aryl methyl sites for hydroxylation is 1. The normalized spacial score (nSPS) is 14.4. The van der Waals surface area contributed by atoms with Gasteiger partial charge in [0.15, 0.2) is 10.8 Å². The Morgan fingerprint density at radius 2 is 1.97 bits per heavy atom. The van der Waals surface area contributed by atoms with E-state index in [9.17, 15) is 0 Å². The summed E-state index contributed by atoms with van der Waals surface area (Å²) in [5.74, 6) is 0.619. The molecule has 6 rings (SSSR count). The van der Waals surface area contributed by atoms with Crippen LogP contribution in [-0.4, -0.2) is 42.6 Å². The van der Waals surface area contributed by atoms with E-state index in [1.165, 1.54) is 5.56 Å². The second kappa shape index (κ2) is 7.47. The van der Waals surface area contributed by atoms with Crippen molar-refractivity contribution < 1.29 is 4.74 Å². The first-order chi connectivity index (χ1) is 15.2. The first kappa shape index (κ1) is 18.5. The van der Waals surface area contributed by atoms with Crippen molar-refractivity contribution in [3.63, 3.8) is 0 Å². The number of pyridine rings is 2. The van der Waals surface area contributed by atoms with E-state index in [1.807, 2.05) is 42.2 Å². The van der Waals surface area contributed by atoms with Crippen LogP contribution in [0.5, 0.6) is 0 Å². The third kappa shape index (κ3) is 3.58. The van der Waals surface area contributed by atoms with Gasteiger partial charge in [0.05, 0.1) is 24.9 Å². The van der Waals surface area contributed by atoms with Crippen molar-refractivity contribution in [3.05, 3.63) is 66.7 Å². The van der Waals surface area contributed by atoms with Gasteiger partial charge in [-0.05, 0) is 60.1 Å². The minimum absolute atomic E-state index is 0.619. The van der Waals surface area contributed by atoms with E-state index in [0.29, 0.717) is 5.92 Å². The van der Waals surface area contributed by atoms with Crippen molar-refractivity contribution in [3.8, 4) is 11.1 Å². The number of aromatic nitrogens is 6. The predicted octanol–water partition coefficient (Wildman–Crippen LogP) is 4.02. The summed E-state index contributed by atoms with van der Waals surface area (Å²) in [6.07, 6.45) is 8.94. The van der Waals surface area contributed by atoms with E-state index in [4.69, 9.17) is 4.74 Å². The zero-order valence-corrected chi connectivity index (χ0v) is 17.8. The molecule has 0 aliphatic carbocycles. The van der Waals surface area contributed by atoms with E-state index in [0.717, 1.165) is 57.4 Å². The first-order valence-corrected chi connectivity index (χ1v) is 11.0. The molecular formula is C23H20N6OS. The van der Waals surface area contributed by atoms with Crippen molar-refractivity contribution in [2.24, 2.45) is 13.0 Å². The molecule has 5 heterocycles. The Morgan fingerprint density at radius 1 is 1.03 bits per heavy atom. The summed E-state index contributed by atoms with van der Waals surface area (Å²) in [5.41, 5.74) is 5.23. The number of ether oxygens (including phenoxy) is 1. The summed E-state index contributed by atoms with van der Waals surface area (Å²) in [6, 6.07) is 12.6. The van der Waals surface area contributed by atoms with E-state index < -0.39 is 0 Å². The highest BCUT2D eigenvalue weighted by Crippen LogP contribution is 2.30. The van der Waals surface area contributed by atoms with Crippen molar-refractivity contribution in [2.45, 2.75) is 16.5 Å². The standard InChI is InChI=1S/C23H20N6OS/c1-28-11-19(10-25-28)17-2-5-22-26-27-23(29(22)12-17)31-20-3-4-21-18(8-20)7-15(9-24-21)6-16-13-30-14-16/h2-5,7-12,16H,6,13-14H2,1H3. The Labute approximate surface area is 183 Å². The second-order valence-electron chi connectivity index (χ2n) is 7.94. The molecule has 0 unspecified atom stereocenters. The van der Waals surface area contributed by atoms with E-state index in [1.54, 1.807) is 16.4 Å². The largest absolute Gasteiger partial charge is 0.381 e. The van der Waals surface area contributed by atoms with Crippen LogP contribution in [0.3, 0.4) is 0 Å². The molecule has 1 aromatic carbocycles. The number of benzene rings is 1. The zero-order valence-electron chi connectivity index (χ0n) is 17.0. The summed E-state index contributed by atoms with van der Waals surface area (Å²) in [7, 11) is 1.92. The number of nitrogens with zero attached hydrogens (tertiary/aromatic N) is 6.